The number of sulfone groups is 1. The molecule has 114 valence electrons. The van der Waals surface area contributed by atoms with E-state index in [0.717, 1.165) is 4.90 Å². The van der Waals surface area contributed by atoms with E-state index in [0.29, 0.717) is 12.1 Å². The molecule has 1 fully saturated rings. The zero-order chi connectivity index (χ0) is 15.8. The lowest BCUT2D eigenvalue weighted by Gasteiger charge is -2.26. The van der Waals surface area contributed by atoms with Gasteiger partial charge in [0, 0.05) is 19.2 Å². The van der Waals surface area contributed by atoms with Gasteiger partial charge in [-0.05, 0) is 6.07 Å². The van der Waals surface area contributed by atoms with E-state index in [1.54, 1.807) is 0 Å². The van der Waals surface area contributed by atoms with Crippen molar-refractivity contribution < 1.29 is 26.9 Å². The largest absolute Gasteiger partial charge is 0.336 e. The van der Waals surface area contributed by atoms with Crippen LogP contribution in [0.5, 0.6) is 0 Å². The Bertz CT molecular complexity index is 706. The van der Waals surface area contributed by atoms with Gasteiger partial charge in [-0.2, -0.15) is 4.39 Å². The van der Waals surface area contributed by atoms with Crippen molar-refractivity contribution >= 4 is 21.4 Å². The van der Waals surface area contributed by atoms with E-state index >= 15 is 0 Å². The molecule has 1 aromatic carbocycles. The molecule has 0 spiro atoms. The fourth-order valence-electron chi connectivity index (χ4n) is 1.95. The summed E-state index contributed by atoms with van der Waals surface area (Å²) in [6.45, 7) is -0.411. The van der Waals surface area contributed by atoms with E-state index in [9.17, 15) is 32.1 Å². The quantitative estimate of drug-likeness (QED) is 0.591. The van der Waals surface area contributed by atoms with Crippen molar-refractivity contribution in [1.29, 1.82) is 0 Å². The monoisotopic (exact) mass is 320 g/mol. The van der Waals surface area contributed by atoms with Crippen LogP contribution in [0.4, 0.5) is 14.5 Å². The average Bonchev–Trinajstić information content (AvgIpc) is 2.38. The Morgan fingerprint density at radius 1 is 1.24 bits per heavy atom. The first-order valence-corrected chi connectivity index (χ1v) is 7.67. The van der Waals surface area contributed by atoms with Crippen molar-refractivity contribution in [2.75, 3.05) is 24.6 Å². The molecule has 0 bridgehead atoms. The maximum Gasteiger partial charge on any atom is 0.305 e. The predicted molar refractivity (Wildman–Crippen MR) is 67.6 cm³/mol. The number of nitrogens with zero attached hydrogens (tertiary/aromatic N) is 2. The fourth-order valence-corrected chi connectivity index (χ4v) is 3.15. The summed E-state index contributed by atoms with van der Waals surface area (Å²) in [5.41, 5.74) is -2.05. The smallest absolute Gasteiger partial charge is 0.305 e. The fraction of sp³-hybridized carbons (Fsp3) is 0.364. The molecular formula is C11H10F2N2O5S. The maximum atomic E-state index is 13.9. The molecule has 1 heterocycles. The molecule has 0 aliphatic carbocycles. The van der Waals surface area contributed by atoms with Gasteiger partial charge in [-0.3, -0.25) is 14.9 Å². The van der Waals surface area contributed by atoms with E-state index in [1.165, 1.54) is 0 Å². The van der Waals surface area contributed by atoms with Gasteiger partial charge in [0.2, 0.25) is 5.82 Å². The van der Waals surface area contributed by atoms with Crippen LogP contribution < -0.4 is 0 Å². The summed E-state index contributed by atoms with van der Waals surface area (Å²) in [5, 5.41) is 10.6. The van der Waals surface area contributed by atoms with E-state index in [-0.39, 0.29) is 24.6 Å². The second-order valence-electron chi connectivity index (χ2n) is 4.46. The molecule has 0 N–H and O–H groups in total. The van der Waals surface area contributed by atoms with Crippen LogP contribution in [0.1, 0.15) is 10.4 Å². The van der Waals surface area contributed by atoms with Gasteiger partial charge in [0.05, 0.1) is 16.4 Å². The van der Waals surface area contributed by atoms with Crippen molar-refractivity contribution in [3.8, 4) is 0 Å². The van der Waals surface area contributed by atoms with E-state index in [2.05, 4.69) is 0 Å². The molecule has 10 heteroatoms. The van der Waals surface area contributed by atoms with Gasteiger partial charge in [-0.15, -0.1) is 0 Å². The molecule has 0 radical (unpaired) electrons. The van der Waals surface area contributed by atoms with Crippen molar-refractivity contribution in [2.45, 2.75) is 0 Å². The van der Waals surface area contributed by atoms with Gasteiger partial charge in [0.15, 0.2) is 9.84 Å². The number of nitro benzene ring substituents is 1. The van der Waals surface area contributed by atoms with Crippen molar-refractivity contribution in [3.05, 3.63) is 39.4 Å². The zero-order valence-corrected chi connectivity index (χ0v) is 11.4. The van der Waals surface area contributed by atoms with Crippen molar-refractivity contribution in [3.63, 3.8) is 0 Å². The van der Waals surface area contributed by atoms with Gasteiger partial charge < -0.3 is 4.90 Å². The van der Waals surface area contributed by atoms with Crippen LogP contribution in [0.2, 0.25) is 0 Å². The molecule has 1 aromatic rings. The lowest BCUT2D eigenvalue weighted by molar-refractivity contribution is -0.387. The minimum Gasteiger partial charge on any atom is -0.336 e. The minimum atomic E-state index is -3.26. The van der Waals surface area contributed by atoms with E-state index < -0.39 is 43.6 Å². The number of hydrogen-bond acceptors (Lipinski definition) is 5. The molecule has 2 rings (SSSR count). The molecule has 21 heavy (non-hydrogen) atoms. The number of nitro groups is 1. The Kier molecular flexibility index (Phi) is 3.90. The third-order valence-electron chi connectivity index (χ3n) is 3.11. The molecule has 0 saturated carbocycles. The summed E-state index contributed by atoms with van der Waals surface area (Å²) >= 11 is 0. The third kappa shape index (κ3) is 2.99. The molecule has 1 saturated heterocycles. The average molecular weight is 320 g/mol. The first kappa shape index (κ1) is 15.3. The third-order valence-corrected chi connectivity index (χ3v) is 4.72. The van der Waals surface area contributed by atoms with Gasteiger partial charge in [-0.1, -0.05) is 0 Å². The van der Waals surface area contributed by atoms with E-state index in [1.807, 2.05) is 0 Å². The molecule has 7 nitrogen and oxygen atoms in total. The number of carbonyl (C=O) groups is 1. The number of halogens is 2. The predicted octanol–water partition coefficient (Wildman–Crippen LogP) is 0.744. The van der Waals surface area contributed by atoms with Crippen LogP contribution in [0, 0.1) is 21.7 Å². The Morgan fingerprint density at radius 2 is 1.81 bits per heavy atom. The van der Waals surface area contributed by atoms with Crippen LogP contribution in [-0.4, -0.2) is 48.7 Å². The van der Waals surface area contributed by atoms with Gasteiger partial charge >= 0.3 is 5.69 Å². The Morgan fingerprint density at radius 3 is 2.33 bits per heavy atom. The topological polar surface area (TPSA) is 97.6 Å². The van der Waals surface area contributed by atoms with Crippen molar-refractivity contribution in [2.24, 2.45) is 0 Å². The van der Waals surface area contributed by atoms with Crippen LogP contribution in [-0.2, 0) is 9.84 Å². The summed E-state index contributed by atoms with van der Waals surface area (Å²) in [6, 6.07) is 1.26. The first-order valence-electron chi connectivity index (χ1n) is 5.85. The lowest BCUT2D eigenvalue weighted by Crippen LogP contribution is -2.44. The standard InChI is InChI=1S/C11H10F2N2O5S/c12-7-1-2-8(15(17)18)10(13)9(7)11(16)14-3-5-21(19,20)6-4-14/h1-2H,3-6H2. The van der Waals surface area contributed by atoms with Gasteiger partial charge in [0.25, 0.3) is 5.91 Å². The summed E-state index contributed by atoms with van der Waals surface area (Å²) in [6.07, 6.45) is 0. The summed E-state index contributed by atoms with van der Waals surface area (Å²) in [5.74, 6) is -4.49. The second-order valence-corrected chi connectivity index (χ2v) is 6.76. The molecule has 1 amide bonds. The van der Waals surface area contributed by atoms with Crippen LogP contribution >= 0.6 is 0 Å². The highest BCUT2D eigenvalue weighted by Gasteiger charge is 2.32. The zero-order valence-electron chi connectivity index (χ0n) is 10.6. The number of carbonyl (C=O) groups excluding carboxylic acids is 1. The molecular weight excluding hydrogens is 310 g/mol. The minimum absolute atomic E-state index is 0.206. The number of hydrogen-bond donors (Lipinski definition) is 0. The summed E-state index contributed by atoms with van der Waals surface area (Å²) < 4.78 is 50.0. The Balaban J connectivity index is 2.36. The number of rotatable bonds is 2. The summed E-state index contributed by atoms with van der Waals surface area (Å²) in [4.78, 5) is 22.6. The van der Waals surface area contributed by atoms with Gasteiger partial charge in [0.1, 0.15) is 11.4 Å². The number of amides is 1. The highest BCUT2D eigenvalue weighted by Crippen LogP contribution is 2.24. The van der Waals surface area contributed by atoms with E-state index in [4.69, 9.17) is 0 Å². The summed E-state index contributed by atoms with van der Waals surface area (Å²) in [7, 11) is -3.26. The Labute approximate surface area is 118 Å². The highest BCUT2D eigenvalue weighted by atomic mass is 32.2. The number of benzene rings is 1. The van der Waals surface area contributed by atoms with Crippen LogP contribution in [0.3, 0.4) is 0 Å². The molecule has 1 aliphatic rings. The Hall–Kier alpha value is -2.10. The molecule has 0 unspecified atom stereocenters. The van der Waals surface area contributed by atoms with Crippen molar-refractivity contribution in [1.82, 2.24) is 4.90 Å². The molecule has 0 aromatic heterocycles. The van der Waals surface area contributed by atoms with Gasteiger partial charge in [-0.25, -0.2) is 12.8 Å². The normalized spacial score (nSPS) is 17.5. The second kappa shape index (κ2) is 5.35. The van der Waals surface area contributed by atoms with Crippen LogP contribution in [0.25, 0.3) is 0 Å². The SMILES string of the molecule is O=C(c1c(F)ccc([N+](=O)[O-])c1F)N1CCS(=O)(=O)CC1. The molecule has 1 aliphatic heterocycles. The molecule has 0 atom stereocenters. The maximum absolute atomic E-state index is 13.9. The van der Waals surface area contributed by atoms with Crippen LogP contribution in [0.15, 0.2) is 12.1 Å². The highest BCUT2D eigenvalue weighted by molar-refractivity contribution is 7.91. The first-order chi connectivity index (χ1) is 9.73. The lowest BCUT2D eigenvalue weighted by atomic mass is 10.1.